The number of carbonyl (C=O) groups is 2. The molecule has 0 spiro atoms. The minimum atomic E-state index is -4.47. The molecular formula is C16H12F3NO4. The lowest BCUT2D eigenvalue weighted by atomic mass is 10.1. The Labute approximate surface area is 134 Å². The summed E-state index contributed by atoms with van der Waals surface area (Å²) in [6.07, 6.45) is -4.47. The van der Waals surface area contributed by atoms with Crippen molar-refractivity contribution in [1.82, 2.24) is 5.48 Å². The summed E-state index contributed by atoms with van der Waals surface area (Å²) >= 11 is 0. The Balaban J connectivity index is 2.00. The maximum Gasteiger partial charge on any atom is 0.416 e. The van der Waals surface area contributed by atoms with Gasteiger partial charge in [-0.25, -0.2) is 10.3 Å². The predicted octanol–water partition coefficient (Wildman–Crippen LogP) is 3.27. The highest BCUT2D eigenvalue weighted by Crippen LogP contribution is 2.29. The van der Waals surface area contributed by atoms with E-state index in [2.05, 4.69) is 0 Å². The molecule has 0 atom stereocenters. The number of halogens is 3. The summed E-state index contributed by atoms with van der Waals surface area (Å²) in [4.78, 5) is 27.8. The molecule has 0 aliphatic heterocycles. The minimum absolute atomic E-state index is 0.117. The van der Waals surface area contributed by atoms with Gasteiger partial charge in [0.1, 0.15) is 0 Å². The van der Waals surface area contributed by atoms with Crippen molar-refractivity contribution >= 4 is 11.9 Å². The largest absolute Gasteiger partial charge is 0.478 e. The molecule has 1 amide bonds. The van der Waals surface area contributed by atoms with Crippen LogP contribution in [0.2, 0.25) is 0 Å². The fourth-order valence-electron chi connectivity index (χ4n) is 1.94. The molecule has 2 rings (SSSR count). The highest BCUT2D eigenvalue weighted by molar-refractivity contribution is 6.04. The Morgan fingerprint density at radius 3 is 2.33 bits per heavy atom. The number of rotatable bonds is 5. The van der Waals surface area contributed by atoms with Crippen LogP contribution in [0.25, 0.3) is 0 Å². The Bertz CT molecular complexity index is 759. The average Bonchev–Trinajstić information content (AvgIpc) is 2.54. The number of hydrogen-bond acceptors (Lipinski definition) is 3. The van der Waals surface area contributed by atoms with E-state index in [0.29, 0.717) is 0 Å². The van der Waals surface area contributed by atoms with Crippen molar-refractivity contribution in [2.75, 3.05) is 0 Å². The second-order valence-electron chi connectivity index (χ2n) is 4.77. The number of hydrogen-bond donors (Lipinski definition) is 2. The Morgan fingerprint density at radius 1 is 1.04 bits per heavy atom. The van der Waals surface area contributed by atoms with E-state index < -0.39 is 23.6 Å². The molecule has 0 aromatic heterocycles. The van der Waals surface area contributed by atoms with Gasteiger partial charge in [-0.2, -0.15) is 13.2 Å². The molecule has 0 fully saturated rings. The molecule has 0 bridgehead atoms. The maximum absolute atomic E-state index is 12.6. The van der Waals surface area contributed by atoms with Crippen molar-refractivity contribution in [2.45, 2.75) is 12.8 Å². The molecule has 0 saturated carbocycles. The lowest BCUT2D eigenvalue weighted by molar-refractivity contribution is -0.137. The van der Waals surface area contributed by atoms with Crippen LogP contribution in [-0.4, -0.2) is 17.0 Å². The Hall–Kier alpha value is -2.87. The summed E-state index contributed by atoms with van der Waals surface area (Å²) in [7, 11) is 0. The lowest BCUT2D eigenvalue weighted by Crippen LogP contribution is -2.25. The van der Waals surface area contributed by atoms with Crippen molar-refractivity contribution in [3.63, 3.8) is 0 Å². The van der Waals surface area contributed by atoms with Crippen molar-refractivity contribution < 1.29 is 32.7 Å². The van der Waals surface area contributed by atoms with Crippen LogP contribution in [0.3, 0.4) is 0 Å². The first-order chi connectivity index (χ1) is 11.3. The van der Waals surface area contributed by atoms with E-state index >= 15 is 0 Å². The van der Waals surface area contributed by atoms with E-state index in [4.69, 9.17) is 9.94 Å². The first-order valence-corrected chi connectivity index (χ1v) is 6.69. The van der Waals surface area contributed by atoms with Gasteiger partial charge in [0.05, 0.1) is 23.3 Å². The molecule has 5 nitrogen and oxygen atoms in total. The van der Waals surface area contributed by atoms with Crippen LogP contribution in [-0.2, 0) is 17.6 Å². The summed E-state index contributed by atoms with van der Waals surface area (Å²) in [6.45, 7) is -0.301. The molecule has 2 aromatic carbocycles. The molecular weight excluding hydrogens is 327 g/mol. The van der Waals surface area contributed by atoms with Crippen LogP contribution in [0, 0.1) is 0 Å². The Kier molecular flexibility index (Phi) is 5.20. The van der Waals surface area contributed by atoms with Crippen molar-refractivity contribution in [3.05, 3.63) is 70.8 Å². The molecule has 126 valence electrons. The van der Waals surface area contributed by atoms with E-state index in [1.54, 1.807) is 0 Å². The zero-order chi connectivity index (χ0) is 17.7. The summed E-state index contributed by atoms with van der Waals surface area (Å²) in [6, 6.07) is 9.95. The fourth-order valence-corrected chi connectivity index (χ4v) is 1.94. The SMILES string of the molecule is O=C(O)c1ccccc1C(=O)NOCc1cccc(C(F)(F)F)c1. The van der Waals surface area contributed by atoms with E-state index in [9.17, 15) is 22.8 Å². The third-order valence-corrected chi connectivity index (χ3v) is 3.06. The highest BCUT2D eigenvalue weighted by Gasteiger charge is 2.30. The van der Waals surface area contributed by atoms with Crippen LogP contribution >= 0.6 is 0 Å². The van der Waals surface area contributed by atoms with Gasteiger partial charge in [0.2, 0.25) is 0 Å². The summed E-state index contributed by atoms with van der Waals surface area (Å²) in [5.74, 6) is -2.08. The van der Waals surface area contributed by atoms with Crippen LogP contribution in [0.4, 0.5) is 13.2 Å². The van der Waals surface area contributed by atoms with Gasteiger partial charge in [0, 0.05) is 0 Å². The second kappa shape index (κ2) is 7.14. The van der Waals surface area contributed by atoms with Crippen LogP contribution in [0.5, 0.6) is 0 Å². The number of alkyl halides is 3. The van der Waals surface area contributed by atoms with Gasteiger partial charge < -0.3 is 5.11 Å². The molecule has 0 aliphatic carbocycles. The molecule has 8 heteroatoms. The van der Waals surface area contributed by atoms with Crippen molar-refractivity contribution in [2.24, 2.45) is 0 Å². The van der Waals surface area contributed by atoms with Gasteiger partial charge in [-0.15, -0.1) is 0 Å². The fraction of sp³-hybridized carbons (Fsp3) is 0.125. The quantitative estimate of drug-likeness (QED) is 0.820. The van der Waals surface area contributed by atoms with Gasteiger partial charge in [0.15, 0.2) is 0 Å². The van der Waals surface area contributed by atoms with Gasteiger partial charge in [0.25, 0.3) is 5.91 Å². The van der Waals surface area contributed by atoms with E-state index in [1.165, 1.54) is 36.4 Å². The molecule has 0 heterocycles. The number of hydroxylamine groups is 1. The molecule has 24 heavy (non-hydrogen) atoms. The number of carbonyl (C=O) groups excluding carboxylic acids is 1. The molecule has 2 N–H and O–H groups in total. The molecule has 2 aromatic rings. The number of nitrogens with one attached hydrogen (secondary N) is 1. The van der Waals surface area contributed by atoms with E-state index in [1.807, 2.05) is 5.48 Å². The maximum atomic E-state index is 12.6. The zero-order valence-electron chi connectivity index (χ0n) is 12.1. The molecule has 0 saturated heterocycles. The predicted molar refractivity (Wildman–Crippen MR) is 77.1 cm³/mol. The topological polar surface area (TPSA) is 75.6 Å². The minimum Gasteiger partial charge on any atom is -0.478 e. The standard InChI is InChI=1S/C16H12F3NO4/c17-16(18,19)11-5-3-4-10(8-11)9-24-20-14(21)12-6-1-2-7-13(12)15(22)23/h1-8H,9H2,(H,20,21)(H,22,23). The summed E-state index contributed by atoms with van der Waals surface area (Å²) in [5, 5.41) is 9.00. The number of amides is 1. The van der Waals surface area contributed by atoms with Crippen molar-refractivity contribution in [3.8, 4) is 0 Å². The smallest absolute Gasteiger partial charge is 0.416 e. The van der Waals surface area contributed by atoms with Gasteiger partial charge in [-0.1, -0.05) is 24.3 Å². The number of benzene rings is 2. The van der Waals surface area contributed by atoms with E-state index in [0.717, 1.165) is 12.1 Å². The van der Waals surface area contributed by atoms with Gasteiger partial charge >= 0.3 is 12.1 Å². The third-order valence-electron chi connectivity index (χ3n) is 3.06. The number of carboxylic acids is 1. The highest BCUT2D eigenvalue weighted by atomic mass is 19.4. The third kappa shape index (κ3) is 4.32. The van der Waals surface area contributed by atoms with Gasteiger partial charge in [-0.3, -0.25) is 9.63 Å². The average molecular weight is 339 g/mol. The summed E-state index contributed by atoms with van der Waals surface area (Å²) in [5.41, 5.74) is 1.07. The van der Waals surface area contributed by atoms with Crippen LogP contribution < -0.4 is 5.48 Å². The Morgan fingerprint density at radius 2 is 1.71 bits per heavy atom. The van der Waals surface area contributed by atoms with E-state index in [-0.39, 0.29) is 23.3 Å². The molecule has 0 radical (unpaired) electrons. The van der Waals surface area contributed by atoms with Crippen LogP contribution in [0.1, 0.15) is 31.8 Å². The summed E-state index contributed by atoms with van der Waals surface area (Å²) < 4.78 is 37.8. The molecule has 0 aliphatic rings. The lowest BCUT2D eigenvalue weighted by Gasteiger charge is -2.10. The number of aromatic carboxylic acids is 1. The monoisotopic (exact) mass is 339 g/mol. The van der Waals surface area contributed by atoms with Crippen LogP contribution in [0.15, 0.2) is 48.5 Å². The van der Waals surface area contributed by atoms with Crippen molar-refractivity contribution in [1.29, 1.82) is 0 Å². The zero-order valence-corrected chi connectivity index (χ0v) is 12.1. The molecule has 0 unspecified atom stereocenters. The second-order valence-corrected chi connectivity index (χ2v) is 4.77. The van der Waals surface area contributed by atoms with Gasteiger partial charge in [-0.05, 0) is 29.8 Å². The normalized spacial score (nSPS) is 11.1. The first-order valence-electron chi connectivity index (χ1n) is 6.69. The number of carboxylic acid groups (broad SMARTS) is 1. The first kappa shape index (κ1) is 17.5.